The van der Waals surface area contributed by atoms with Crippen molar-refractivity contribution in [2.75, 3.05) is 0 Å². The van der Waals surface area contributed by atoms with Gasteiger partial charge in [-0.15, -0.1) is 0 Å². The summed E-state index contributed by atoms with van der Waals surface area (Å²) in [7, 11) is 0. The first-order chi connectivity index (χ1) is 9.15. The molecule has 1 aliphatic carbocycles. The Bertz CT molecular complexity index is 424. The van der Waals surface area contributed by atoms with E-state index in [1.807, 2.05) is 10.9 Å². The van der Waals surface area contributed by atoms with Gasteiger partial charge in [-0.05, 0) is 41.6 Å². The number of hydrogen-bond donors (Lipinski definition) is 0. The second-order valence-electron chi connectivity index (χ2n) is 5.17. The van der Waals surface area contributed by atoms with Gasteiger partial charge in [-0.25, -0.2) is 0 Å². The van der Waals surface area contributed by atoms with Crippen LogP contribution in [0.3, 0.4) is 0 Å². The summed E-state index contributed by atoms with van der Waals surface area (Å²) in [6, 6.07) is 0.908. The molecule has 1 fully saturated rings. The molecular weight excluding hydrogens is 306 g/mol. The Hall–Kier alpha value is -0.840. The Morgan fingerprint density at radius 1 is 1.53 bits per heavy atom. The summed E-state index contributed by atoms with van der Waals surface area (Å²) in [6.07, 6.45) is 8.65. The molecular formula is C14H22BrN3O. The number of carbonyl (C=O) groups is 1. The van der Waals surface area contributed by atoms with Gasteiger partial charge in [0.25, 0.3) is 0 Å². The Kier molecular flexibility index (Phi) is 5.02. The maximum Gasteiger partial charge on any atom is 0.224 e. The summed E-state index contributed by atoms with van der Waals surface area (Å²) in [6.45, 7) is 5.00. The molecule has 0 aliphatic heterocycles. The maximum atomic E-state index is 12.4. The minimum absolute atomic E-state index is 0.280. The van der Waals surface area contributed by atoms with Crippen LogP contribution in [0.5, 0.6) is 0 Å². The van der Waals surface area contributed by atoms with Crippen molar-refractivity contribution < 1.29 is 4.79 Å². The van der Waals surface area contributed by atoms with Gasteiger partial charge in [-0.2, -0.15) is 5.10 Å². The molecule has 5 heteroatoms. The molecule has 1 amide bonds. The summed E-state index contributed by atoms with van der Waals surface area (Å²) in [5.41, 5.74) is 0. The van der Waals surface area contributed by atoms with Crippen LogP contribution in [0.2, 0.25) is 0 Å². The number of amides is 1. The monoisotopic (exact) mass is 327 g/mol. The van der Waals surface area contributed by atoms with E-state index in [0.717, 1.165) is 17.3 Å². The summed E-state index contributed by atoms with van der Waals surface area (Å²) in [5, 5.41) is 4.19. The van der Waals surface area contributed by atoms with Gasteiger partial charge >= 0.3 is 0 Å². The van der Waals surface area contributed by atoms with Crippen LogP contribution in [0.25, 0.3) is 0 Å². The van der Waals surface area contributed by atoms with Gasteiger partial charge in [0.2, 0.25) is 5.91 Å². The zero-order valence-electron chi connectivity index (χ0n) is 11.7. The number of carbonyl (C=O) groups excluding carboxylic acids is 1. The lowest BCUT2D eigenvalue weighted by molar-refractivity contribution is -0.134. The smallest absolute Gasteiger partial charge is 0.224 e. The Labute approximate surface area is 123 Å². The summed E-state index contributed by atoms with van der Waals surface area (Å²) in [4.78, 5) is 14.6. The van der Waals surface area contributed by atoms with Gasteiger partial charge in [0, 0.05) is 31.2 Å². The zero-order chi connectivity index (χ0) is 13.8. The van der Waals surface area contributed by atoms with Crippen LogP contribution in [0.4, 0.5) is 0 Å². The first kappa shape index (κ1) is 14.6. The molecule has 0 N–H and O–H groups in total. The van der Waals surface area contributed by atoms with E-state index in [1.54, 1.807) is 6.20 Å². The Morgan fingerprint density at radius 3 is 2.68 bits per heavy atom. The van der Waals surface area contributed by atoms with Crippen molar-refractivity contribution in [3.05, 3.63) is 16.9 Å². The number of rotatable bonds is 7. The number of aromatic nitrogens is 2. The highest BCUT2D eigenvalue weighted by Crippen LogP contribution is 2.31. The van der Waals surface area contributed by atoms with E-state index >= 15 is 0 Å². The lowest BCUT2D eigenvalue weighted by atomic mass is 10.1. The van der Waals surface area contributed by atoms with E-state index in [4.69, 9.17) is 0 Å². The zero-order valence-corrected chi connectivity index (χ0v) is 13.3. The molecule has 4 nitrogen and oxygen atoms in total. The SMILES string of the molecule is CCC(CC)N(C(=O)CCn1cc(Br)cn1)C1CC1. The predicted molar refractivity (Wildman–Crippen MR) is 78.8 cm³/mol. The van der Waals surface area contributed by atoms with E-state index in [9.17, 15) is 4.79 Å². The second-order valence-corrected chi connectivity index (χ2v) is 6.09. The highest BCUT2D eigenvalue weighted by atomic mass is 79.9. The average Bonchev–Trinajstić information content (AvgIpc) is 3.15. The molecule has 2 rings (SSSR count). The average molecular weight is 328 g/mol. The third kappa shape index (κ3) is 3.81. The minimum atomic E-state index is 0.280. The molecule has 0 spiro atoms. The van der Waals surface area contributed by atoms with E-state index < -0.39 is 0 Å². The van der Waals surface area contributed by atoms with Crippen molar-refractivity contribution in [1.29, 1.82) is 0 Å². The lowest BCUT2D eigenvalue weighted by Crippen LogP contribution is -2.41. The molecule has 0 saturated heterocycles. The van der Waals surface area contributed by atoms with Crippen LogP contribution in [0.15, 0.2) is 16.9 Å². The van der Waals surface area contributed by atoms with Gasteiger partial charge in [-0.1, -0.05) is 13.8 Å². The molecule has 1 aromatic heterocycles. The lowest BCUT2D eigenvalue weighted by Gasteiger charge is -2.30. The molecule has 0 atom stereocenters. The van der Waals surface area contributed by atoms with Gasteiger partial charge in [0.05, 0.1) is 10.7 Å². The molecule has 0 bridgehead atoms. The molecule has 1 heterocycles. The van der Waals surface area contributed by atoms with Crippen molar-refractivity contribution in [3.63, 3.8) is 0 Å². The fraction of sp³-hybridized carbons (Fsp3) is 0.714. The van der Waals surface area contributed by atoms with Gasteiger partial charge < -0.3 is 4.90 Å². The third-order valence-corrected chi connectivity index (χ3v) is 4.13. The molecule has 1 aliphatic rings. The molecule has 19 heavy (non-hydrogen) atoms. The van der Waals surface area contributed by atoms with Gasteiger partial charge in [-0.3, -0.25) is 9.48 Å². The quantitative estimate of drug-likeness (QED) is 0.771. The first-order valence-corrected chi connectivity index (χ1v) is 7.94. The van der Waals surface area contributed by atoms with Crippen LogP contribution in [-0.2, 0) is 11.3 Å². The van der Waals surface area contributed by atoms with Crippen LogP contribution >= 0.6 is 15.9 Å². The Morgan fingerprint density at radius 2 is 2.21 bits per heavy atom. The first-order valence-electron chi connectivity index (χ1n) is 7.14. The molecule has 1 aromatic rings. The molecule has 0 aromatic carbocycles. The standard InChI is InChI=1S/C14H22BrN3O/c1-3-12(4-2)18(13-5-6-13)14(19)7-8-17-10-11(15)9-16-17/h9-10,12-13H,3-8H2,1-2H3. The van der Waals surface area contributed by atoms with Gasteiger partial charge in [0.1, 0.15) is 0 Å². The minimum Gasteiger partial charge on any atom is -0.337 e. The van der Waals surface area contributed by atoms with Crippen molar-refractivity contribution in [3.8, 4) is 0 Å². The van der Waals surface area contributed by atoms with Crippen molar-refractivity contribution in [2.24, 2.45) is 0 Å². The molecule has 0 radical (unpaired) electrons. The van der Waals surface area contributed by atoms with Crippen LogP contribution in [0, 0.1) is 0 Å². The van der Waals surface area contributed by atoms with Crippen molar-refractivity contribution in [1.82, 2.24) is 14.7 Å². The van der Waals surface area contributed by atoms with E-state index in [1.165, 1.54) is 12.8 Å². The second kappa shape index (κ2) is 6.55. The van der Waals surface area contributed by atoms with E-state index in [2.05, 4.69) is 39.8 Å². The normalized spacial score (nSPS) is 14.9. The number of halogens is 1. The highest BCUT2D eigenvalue weighted by Gasteiger charge is 2.35. The fourth-order valence-corrected chi connectivity index (χ4v) is 2.87. The molecule has 0 unspecified atom stereocenters. The number of hydrogen-bond acceptors (Lipinski definition) is 2. The summed E-state index contributed by atoms with van der Waals surface area (Å²) < 4.78 is 2.78. The van der Waals surface area contributed by atoms with E-state index in [-0.39, 0.29) is 5.91 Å². The highest BCUT2D eigenvalue weighted by molar-refractivity contribution is 9.10. The predicted octanol–water partition coefficient (Wildman–Crippen LogP) is 3.22. The summed E-state index contributed by atoms with van der Waals surface area (Å²) >= 11 is 3.37. The van der Waals surface area contributed by atoms with Crippen LogP contribution in [0.1, 0.15) is 46.0 Å². The fourth-order valence-electron chi connectivity index (χ4n) is 2.54. The van der Waals surface area contributed by atoms with Gasteiger partial charge in [0.15, 0.2) is 0 Å². The van der Waals surface area contributed by atoms with Crippen molar-refractivity contribution in [2.45, 2.75) is 64.6 Å². The van der Waals surface area contributed by atoms with Crippen LogP contribution in [-0.4, -0.2) is 32.7 Å². The summed E-state index contributed by atoms with van der Waals surface area (Å²) in [5.74, 6) is 0.280. The van der Waals surface area contributed by atoms with Crippen molar-refractivity contribution >= 4 is 21.8 Å². The Balaban J connectivity index is 1.92. The largest absolute Gasteiger partial charge is 0.337 e. The van der Waals surface area contributed by atoms with Crippen LogP contribution < -0.4 is 0 Å². The molecule has 1 saturated carbocycles. The molecule has 106 valence electrons. The number of nitrogens with zero attached hydrogens (tertiary/aromatic N) is 3. The number of aryl methyl sites for hydroxylation is 1. The van der Waals surface area contributed by atoms with E-state index in [0.29, 0.717) is 25.0 Å². The maximum absolute atomic E-state index is 12.4. The topological polar surface area (TPSA) is 38.1 Å². The third-order valence-electron chi connectivity index (χ3n) is 3.72.